The Morgan fingerprint density at radius 2 is 1.86 bits per heavy atom. The van der Waals surface area contributed by atoms with Gasteiger partial charge in [0.25, 0.3) is 5.91 Å². The molecule has 2 heterocycles. The van der Waals surface area contributed by atoms with E-state index in [1.54, 1.807) is 6.20 Å². The van der Waals surface area contributed by atoms with Crippen molar-refractivity contribution in [3.63, 3.8) is 0 Å². The van der Waals surface area contributed by atoms with E-state index in [1.807, 2.05) is 47.1 Å². The van der Waals surface area contributed by atoms with Gasteiger partial charge in [-0.05, 0) is 37.6 Å². The normalized spacial score (nSPS) is 14.5. The second-order valence-corrected chi connectivity index (χ2v) is 7.03. The molecule has 1 aromatic heterocycles. The number of amides is 1. The molecule has 1 aliphatic rings. The van der Waals surface area contributed by atoms with Crippen molar-refractivity contribution in [2.24, 2.45) is 0 Å². The van der Waals surface area contributed by atoms with Gasteiger partial charge in [-0.15, -0.1) is 5.10 Å². The number of nitrogens with zero attached hydrogens (tertiary/aromatic N) is 3. The highest BCUT2D eigenvalue weighted by Gasteiger charge is 2.18. The van der Waals surface area contributed by atoms with Gasteiger partial charge in [0.05, 0.1) is 18.8 Å². The van der Waals surface area contributed by atoms with Gasteiger partial charge in [-0.2, -0.15) is 0 Å². The van der Waals surface area contributed by atoms with Crippen molar-refractivity contribution in [1.82, 2.24) is 25.6 Å². The summed E-state index contributed by atoms with van der Waals surface area (Å²) in [4.78, 5) is 12.3. The third kappa shape index (κ3) is 4.81. The Hall–Kier alpha value is -3.19. The van der Waals surface area contributed by atoms with Gasteiger partial charge >= 0.3 is 0 Å². The maximum Gasteiger partial charge on any atom is 0.273 e. The van der Waals surface area contributed by atoms with Crippen molar-refractivity contribution < 1.29 is 9.53 Å². The van der Waals surface area contributed by atoms with Crippen LogP contribution in [0.3, 0.4) is 0 Å². The predicted molar refractivity (Wildman–Crippen MR) is 111 cm³/mol. The summed E-state index contributed by atoms with van der Waals surface area (Å²) in [6.45, 7) is 2.70. The summed E-state index contributed by atoms with van der Waals surface area (Å²) >= 11 is 0. The molecule has 3 aromatic rings. The van der Waals surface area contributed by atoms with Crippen LogP contribution in [-0.4, -0.2) is 47.1 Å². The van der Waals surface area contributed by atoms with E-state index in [0.717, 1.165) is 42.8 Å². The van der Waals surface area contributed by atoms with Gasteiger partial charge in [-0.25, -0.2) is 4.68 Å². The minimum atomic E-state index is -0.231. The second-order valence-electron chi connectivity index (χ2n) is 7.03. The molecule has 2 N–H and O–H groups in total. The number of hydrogen-bond acceptors (Lipinski definition) is 5. The predicted octanol–water partition coefficient (Wildman–Crippen LogP) is 2.68. The van der Waals surface area contributed by atoms with Gasteiger partial charge in [0.15, 0.2) is 5.69 Å². The van der Waals surface area contributed by atoms with Crippen LogP contribution in [0.1, 0.15) is 29.4 Å². The number of ether oxygens (including phenoxy) is 1. The van der Waals surface area contributed by atoms with E-state index in [1.165, 1.54) is 0 Å². The molecule has 0 spiro atoms. The first-order valence-corrected chi connectivity index (χ1v) is 9.99. The molecule has 7 heteroatoms. The fraction of sp³-hybridized carbons (Fsp3) is 0.318. The Morgan fingerprint density at radius 1 is 1.10 bits per heavy atom. The summed E-state index contributed by atoms with van der Waals surface area (Å²) in [7, 11) is 0. The molecule has 0 unspecified atom stereocenters. The van der Waals surface area contributed by atoms with E-state index >= 15 is 0 Å². The molecule has 0 saturated carbocycles. The van der Waals surface area contributed by atoms with Gasteiger partial charge in [0.1, 0.15) is 12.4 Å². The maximum atomic E-state index is 12.3. The number of carbonyl (C=O) groups is 1. The molecule has 1 aliphatic heterocycles. The van der Waals surface area contributed by atoms with Crippen molar-refractivity contribution in [1.29, 1.82) is 0 Å². The fourth-order valence-electron chi connectivity index (χ4n) is 3.50. The number of carbonyl (C=O) groups excluding carboxylic acids is 1. The molecule has 0 bridgehead atoms. The highest BCUT2D eigenvalue weighted by molar-refractivity contribution is 5.91. The van der Waals surface area contributed by atoms with Crippen LogP contribution in [0.25, 0.3) is 11.1 Å². The van der Waals surface area contributed by atoms with Crippen LogP contribution in [0, 0.1) is 0 Å². The number of aromatic nitrogens is 3. The Morgan fingerprint density at radius 3 is 2.69 bits per heavy atom. The lowest BCUT2D eigenvalue weighted by Gasteiger charge is -2.22. The molecule has 29 heavy (non-hydrogen) atoms. The Bertz CT molecular complexity index is 935. The zero-order valence-corrected chi connectivity index (χ0v) is 16.3. The summed E-state index contributed by atoms with van der Waals surface area (Å²) in [6, 6.07) is 18.3. The number of rotatable bonds is 7. The first-order chi connectivity index (χ1) is 14.3. The van der Waals surface area contributed by atoms with Gasteiger partial charge in [0.2, 0.25) is 0 Å². The standard InChI is InChI=1S/C22H25N5O2/c28-22(20-16-27(26-25-20)18-10-12-23-13-11-18)24-14-15-29-21-9-5-4-8-19(21)17-6-2-1-3-7-17/h1-9,16,18,23H,10-15H2,(H,24,28). The van der Waals surface area contributed by atoms with Crippen LogP contribution in [0.2, 0.25) is 0 Å². The Kier molecular flexibility index (Phi) is 6.16. The average Bonchev–Trinajstić information content (AvgIpc) is 3.29. The summed E-state index contributed by atoms with van der Waals surface area (Å²) in [5.41, 5.74) is 2.47. The lowest BCUT2D eigenvalue weighted by molar-refractivity contribution is 0.0942. The first-order valence-electron chi connectivity index (χ1n) is 9.99. The van der Waals surface area contributed by atoms with Crippen LogP contribution in [-0.2, 0) is 0 Å². The molecule has 1 amide bonds. The molecule has 4 rings (SSSR count). The second kappa shape index (κ2) is 9.34. The van der Waals surface area contributed by atoms with Gasteiger partial charge in [0, 0.05) is 5.56 Å². The number of piperidine rings is 1. The quantitative estimate of drug-likeness (QED) is 0.605. The number of para-hydroxylation sites is 1. The van der Waals surface area contributed by atoms with E-state index < -0.39 is 0 Å². The lowest BCUT2D eigenvalue weighted by Crippen LogP contribution is -2.30. The van der Waals surface area contributed by atoms with E-state index in [-0.39, 0.29) is 5.91 Å². The fourth-order valence-corrected chi connectivity index (χ4v) is 3.50. The minimum Gasteiger partial charge on any atom is -0.491 e. The van der Waals surface area contributed by atoms with Crippen molar-refractivity contribution in [2.45, 2.75) is 18.9 Å². The average molecular weight is 391 g/mol. The van der Waals surface area contributed by atoms with Crippen LogP contribution >= 0.6 is 0 Å². The number of benzene rings is 2. The summed E-state index contributed by atoms with van der Waals surface area (Å²) in [6.07, 6.45) is 3.73. The van der Waals surface area contributed by atoms with Crippen molar-refractivity contribution >= 4 is 5.91 Å². The third-order valence-electron chi connectivity index (χ3n) is 5.04. The third-order valence-corrected chi connectivity index (χ3v) is 5.04. The number of nitrogens with one attached hydrogen (secondary N) is 2. The SMILES string of the molecule is O=C(NCCOc1ccccc1-c1ccccc1)c1cn(C2CCNCC2)nn1. The molecule has 150 valence electrons. The van der Waals surface area contributed by atoms with E-state index in [2.05, 4.69) is 33.1 Å². The maximum absolute atomic E-state index is 12.3. The Labute approximate surface area is 170 Å². The molecular formula is C22H25N5O2. The molecular weight excluding hydrogens is 366 g/mol. The highest BCUT2D eigenvalue weighted by Crippen LogP contribution is 2.29. The van der Waals surface area contributed by atoms with E-state index in [9.17, 15) is 4.79 Å². The molecule has 0 radical (unpaired) electrons. The van der Waals surface area contributed by atoms with Crippen LogP contribution in [0.5, 0.6) is 5.75 Å². The largest absolute Gasteiger partial charge is 0.491 e. The molecule has 2 aromatic carbocycles. The molecule has 1 saturated heterocycles. The molecule has 7 nitrogen and oxygen atoms in total. The lowest BCUT2D eigenvalue weighted by atomic mass is 10.1. The first kappa shape index (κ1) is 19.1. The van der Waals surface area contributed by atoms with Gasteiger partial charge in [-0.3, -0.25) is 4.79 Å². The van der Waals surface area contributed by atoms with Crippen molar-refractivity contribution in [3.8, 4) is 16.9 Å². The minimum absolute atomic E-state index is 0.231. The zero-order valence-electron chi connectivity index (χ0n) is 16.3. The summed E-state index contributed by atoms with van der Waals surface area (Å²) in [5, 5.41) is 14.3. The van der Waals surface area contributed by atoms with Crippen LogP contribution in [0.15, 0.2) is 60.8 Å². The van der Waals surface area contributed by atoms with E-state index in [0.29, 0.717) is 24.9 Å². The van der Waals surface area contributed by atoms with E-state index in [4.69, 9.17) is 4.74 Å². The van der Waals surface area contributed by atoms with Crippen molar-refractivity contribution in [2.75, 3.05) is 26.2 Å². The smallest absolute Gasteiger partial charge is 0.273 e. The molecule has 0 atom stereocenters. The highest BCUT2D eigenvalue weighted by atomic mass is 16.5. The van der Waals surface area contributed by atoms with Gasteiger partial charge in [-0.1, -0.05) is 53.7 Å². The molecule has 0 aliphatic carbocycles. The van der Waals surface area contributed by atoms with Crippen LogP contribution in [0.4, 0.5) is 0 Å². The molecule has 1 fully saturated rings. The summed E-state index contributed by atoms with van der Waals surface area (Å²) < 4.78 is 7.72. The number of hydrogen-bond donors (Lipinski definition) is 2. The topological polar surface area (TPSA) is 81.1 Å². The van der Waals surface area contributed by atoms with Crippen LogP contribution < -0.4 is 15.4 Å². The van der Waals surface area contributed by atoms with Gasteiger partial charge < -0.3 is 15.4 Å². The Balaban J connectivity index is 1.29. The summed E-state index contributed by atoms with van der Waals surface area (Å²) in [5.74, 6) is 0.565. The zero-order chi connectivity index (χ0) is 19.9. The van der Waals surface area contributed by atoms with Crippen molar-refractivity contribution in [3.05, 3.63) is 66.5 Å². The monoisotopic (exact) mass is 391 g/mol.